The van der Waals surface area contributed by atoms with Crippen LogP contribution in [0.25, 0.3) is 27.5 Å². The molecular weight excluding hydrogens is 487 g/mol. The number of fused-ring (bicyclic) bond motifs is 6. The topological polar surface area (TPSA) is 129 Å². The predicted molar refractivity (Wildman–Crippen MR) is 124 cm³/mol. The van der Waals surface area contributed by atoms with Crippen molar-refractivity contribution in [1.29, 1.82) is 0 Å². The van der Waals surface area contributed by atoms with E-state index in [4.69, 9.17) is 16.3 Å². The van der Waals surface area contributed by atoms with Crippen molar-refractivity contribution in [2.24, 2.45) is 7.05 Å². The second-order valence-corrected chi connectivity index (χ2v) is 10.1. The first-order chi connectivity index (χ1) is 16.2. The van der Waals surface area contributed by atoms with Crippen molar-refractivity contribution in [3.8, 4) is 0 Å². The van der Waals surface area contributed by atoms with Gasteiger partial charge < -0.3 is 4.74 Å². The molecular formula is C20H18ClFN8O3S. The van der Waals surface area contributed by atoms with Crippen LogP contribution in [0.15, 0.2) is 36.8 Å². The molecule has 0 bridgehead atoms. The molecule has 0 aliphatic carbocycles. The molecule has 0 saturated heterocycles. The van der Waals surface area contributed by atoms with Crippen LogP contribution in [0.1, 0.15) is 18.9 Å². The number of nitrogens with one attached hydrogen (secondary N) is 1. The third-order valence-electron chi connectivity index (χ3n) is 5.50. The number of hydrogen-bond acceptors (Lipinski definition) is 8. The molecule has 1 N–H and O–H groups in total. The van der Waals surface area contributed by atoms with Gasteiger partial charge in [-0.2, -0.15) is 5.10 Å². The zero-order valence-corrected chi connectivity index (χ0v) is 19.7. The number of anilines is 1. The average molecular weight is 505 g/mol. The van der Waals surface area contributed by atoms with Gasteiger partial charge in [0, 0.05) is 43.5 Å². The van der Waals surface area contributed by atoms with Crippen molar-refractivity contribution in [1.82, 2.24) is 34.3 Å². The van der Waals surface area contributed by atoms with Crippen LogP contribution in [0.4, 0.5) is 10.3 Å². The largest absolute Gasteiger partial charge is 0.372 e. The lowest BCUT2D eigenvalue weighted by Gasteiger charge is -2.21. The van der Waals surface area contributed by atoms with Gasteiger partial charge in [0.2, 0.25) is 16.0 Å². The van der Waals surface area contributed by atoms with E-state index in [1.165, 1.54) is 36.9 Å². The van der Waals surface area contributed by atoms with Crippen LogP contribution < -0.4 is 4.72 Å². The lowest BCUT2D eigenvalue weighted by atomic mass is 10.1. The van der Waals surface area contributed by atoms with E-state index in [1.807, 2.05) is 0 Å². The quantitative estimate of drug-likeness (QED) is 0.373. The van der Waals surface area contributed by atoms with Crippen LogP contribution >= 0.6 is 11.6 Å². The molecule has 0 saturated carbocycles. The zero-order chi connectivity index (χ0) is 24.2. The Kier molecular flexibility index (Phi) is 5.34. The summed E-state index contributed by atoms with van der Waals surface area (Å²) in [5.41, 5.74) is 0.788. The molecule has 4 heterocycles. The Balaban J connectivity index is 1.64. The average Bonchev–Trinajstić information content (AvgIpc) is 3.38. The maximum atomic E-state index is 15.0. The van der Waals surface area contributed by atoms with Crippen molar-refractivity contribution >= 4 is 55.0 Å². The SMILES string of the molecule is CO[C@H](c1ncc(Cl)cn1)[C@H](C)S(=O)(=O)Nc1nnc2c3nn(C)cc3c3cccc(F)c3n12. The molecule has 0 amide bonds. The summed E-state index contributed by atoms with van der Waals surface area (Å²) in [6.07, 6.45) is 3.43. The molecule has 34 heavy (non-hydrogen) atoms. The molecule has 1 aromatic carbocycles. The highest BCUT2D eigenvalue weighted by Crippen LogP contribution is 2.32. The number of nitrogens with zero attached hydrogens (tertiary/aromatic N) is 7. The van der Waals surface area contributed by atoms with Crippen LogP contribution in [0.2, 0.25) is 5.02 Å². The van der Waals surface area contributed by atoms with E-state index in [1.54, 1.807) is 30.1 Å². The molecule has 0 aliphatic heterocycles. The number of aryl methyl sites for hydroxylation is 1. The molecule has 14 heteroatoms. The van der Waals surface area contributed by atoms with E-state index in [0.717, 1.165) is 0 Å². The summed E-state index contributed by atoms with van der Waals surface area (Å²) in [6, 6.07) is 4.58. The number of ether oxygens (including phenoxy) is 1. The number of para-hydroxylation sites is 1. The number of rotatable bonds is 6. The third kappa shape index (κ3) is 3.52. The van der Waals surface area contributed by atoms with Crippen LogP contribution in [-0.4, -0.2) is 55.1 Å². The number of benzene rings is 1. The molecule has 0 unspecified atom stereocenters. The van der Waals surface area contributed by atoms with E-state index in [2.05, 4.69) is 30.0 Å². The molecule has 5 aromatic rings. The van der Waals surface area contributed by atoms with Gasteiger partial charge >= 0.3 is 0 Å². The fourth-order valence-corrected chi connectivity index (χ4v) is 5.11. The number of aromatic nitrogens is 7. The van der Waals surface area contributed by atoms with Crippen LogP contribution in [-0.2, 0) is 21.8 Å². The van der Waals surface area contributed by atoms with E-state index < -0.39 is 27.2 Å². The minimum atomic E-state index is -4.13. The minimum Gasteiger partial charge on any atom is -0.372 e. The number of sulfonamides is 1. The van der Waals surface area contributed by atoms with Crippen LogP contribution in [0.5, 0.6) is 0 Å². The highest BCUT2D eigenvalue weighted by atomic mass is 35.5. The maximum absolute atomic E-state index is 15.0. The number of pyridine rings is 1. The van der Waals surface area contributed by atoms with Crippen molar-refractivity contribution in [3.63, 3.8) is 0 Å². The summed E-state index contributed by atoms with van der Waals surface area (Å²) in [5, 5.41) is 12.9. The Labute approximate surface area is 197 Å². The monoisotopic (exact) mass is 504 g/mol. The lowest BCUT2D eigenvalue weighted by Crippen LogP contribution is -2.33. The Hall–Kier alpha value is -3.42. The molecule has 176 valence electrons. The molecule has 0 spiro atoms. The van der Waals surface area contributed by atoms with Crippen LogP contribution in [0, 0.1) is 5.82 Å². The van der Waals surface area contributed by atoms with Crippen molar-refractivity contribution in [2.75, 3.05) is 11.8 Å². The van der Waals surface area contributed by atoms with Gasteiger partial charge in [0.05, 0.1) is 10.5 Å². The van der Waals surface area contributed by atoms with Gasteiger partial charge in [-0.15, -0.1) is 10.2 Å². The summed E-state index contributed by atoms with van der Waals surface area (Å²) in [4.78, 5) is 8.13. The van der Waals surface area contributed by atoms with Gasteiger partial charge in [0.25, 0.3) is 0 Å². The number of halogens is 2. The second kappa shape index (κ2) is 8.11. The first-order valence-corrected chi connectivity index (χ1v) is 11.9. The first kappa shape index (κ1) is 22.4. The summed E-state index contributed by atoms with van der Waals surface area (Å²) >= 11 is 5.83. The highest BCUT2D eigenvalue weighted by Gasteiger charge is 2.34. The standard InChI is InChI=1S/C20H18ClFN8O3S/c1-10(17(33-3)18-23-7-11(21)8-24-18)34(31,32)28-20-26-25-19-15-13(9-29(2)27-15)12-5-4-6-14(22)16(12)30(19)20/h4-10,17H,1-3H3,(H,26,28)/t10-,17-/m0/s1. The Morgan fingerprint density at radius 3 is 2.62 bits per heavy atom. The number of hydrogen-bond donors (Lipinski definition) is 1. The minimum absolute atomic E-state index is 0.123. The Bertz CT molecular complexity index is 1650. The smallest absolute Gasteiger partial charge is 0.243 e. The van der Waals surface area contributed by atoms with Crippen LogP contribution in [0.3, 0.4) is 0 Å². The fraction of sp³-hybridized carbons (Fsp3) is 0.250. The molecule has 0 radical (unpaired) electrons. The van der Waals surface area contributed by atoms with Crippen molar-refractivity contribution in [2.45, 2.75) is 18.3 Å². The molecule has 4 aromatic heterocycles. The molecule has 5 rings (SSSR count). The lowest BCUT2D eigenvalue weighted by molar-refractivity contribution is 0.0950. The van der Waals surface area contributed by atoms with Crippen molar-refractivity contribution < 1.29 is 17.5 Å². The molecule has 2 atom stereocenters. The molecule has 11 nitrogen and oxygen atoms in total. The first-order valence-electron chi connectivity index (χ1n) is 10.0. The van der Waals surface area contributed by atoms with Gasteiger partial charge in [0.15, 0.2) is 11.5 Å². The van der Waals surface area contributed by atoms with Gasteiger partial charge in [-0.05, 0) is 13.0 Å². The van der Waals surface area contributed by atoms with Gasteiger partial charge in [0.1, 0.15) is 22.7 Å². The summed E-state index contributed by atoms with van der Waals surface area (Å²) in [6.45, 7) is 1.44. The Morgan fingerprint density at radius 2 is 1.91 bits per heavy atom. The molecule has 0 fully saturated rings. The van der Waals surface area contributed by atoms with Gasteiger partial charge in [-0.25, -0.2) is 22.8 Å². The van der Waals surface area contributed by atoms with E-state index >= 15 is 4.39 Å². The number of methoxy groups -OCH3 is 1. The highest BCUT2D eigenvalue weighted by molar-refractivity contribution is 7.93. The maximum Gasteiger partial charge on any atom is 0.243 e. The van der Waals surface area contributed by atoms with Gasteiger partial charge in [-0.3, -0.25) is 13.8 Å². The van der Waals surface area contributed by atoms with E-state index in [0.29, 0.717) is 21.3 Å². The zero-order valence-electron chi connectivity index (χ0n) is 18.1. The third-order valence-corrected chi connectivity index (χ3v) is 7.39. The fourth-order valence-electron chi connectivity index (χ4n) is 3.89. The van der Waals surface area contributed by atoms with Gasteiger partial charge in [-0.1, -0.05) is 23.7 Å². The Morgan fingerprint density at radius 1 is 1.18 bits per heavy atom. The predicted octanol–water partition coefficient (Wildman–Crippen LogP) is 2.87. The summed E-state index contributed by atoms with van der Waals surface area (Å²) in [7, 11) is -1.06. The second-order valence-electron chi connectivity index (χ2n) is 7.65. The summed E-state index contributed by atoms with van der Waals surface area (Å²) in [5.74, 6) is -0.607. The summed E-state index contributed by atoms with van der Waals surface area (Å²) < 4.78 is 52.3. The van der Waals surface area contributed by atoms with E-state index in [9.17, 15) is 8.42 Å². The normalized spacial score (nSPS) is 14.1. The van der Waals surface area contributed by atoms with Crippen molar-refractivity contribution in [3.05, 3.63) is 53.5 Å². The van der Waals surface area contributed by atoms with E-state index in [-0.39, 0.29) is 22.9 Å². The molecule has 0 aliphatic rings.